The number of carbonyl (C=O) groups excluding carboxylic acids is 2. The molecule has 0 aromatic heterocycles. The first-order valence-corrected chi connectivity index (χ1v) is 9.19. The van der Waals surface area contributed by atoms with Gasteiger partial charge in [0.1, 0.15) is 17.3 Å². The Morgan fingerprint density at radius 1 is 0.933 bits per heavy atom. The third-order valence-electron chi connectivity index (χ3n) is 4.27. The molecule has 0 atom stereocenters. The zero-order valence-electron chi connectivity index (χ0n) is 16.6. The van der Waals surface area contributed by atoms with Gasteiger partial charge in [-0.3, -0.25) is 9.59 Å². The van der Waals surface area contributed by atoms with Crippen LogP contribution >= 0.6 is 0 Å². The molecule has 7 heteroatoms. The molecule has 0 spiro atoms. The molecule has 0 radical (unpaired) electrons. The van der Waals surface area contributed by atoms with Gasteiger partial charge in [0, 0.05) is 11.3 Å². The lowest BCUT2D eigenvalue weighted by Gasteiger charge is -2.13. The number of hydrogen-bond acceptors (Lipinski definition) is 4. The molecular formula is C23H21FN2O4. The number of para-hydroxylation sites is 1. The number of methoxy groups -OCH3 is 1. The Morgan fingerprint density at radius 2 is 1.73 bits per heavy atom. The number of halogens is 1. The Bertz CT molecular complexity index is 1070. The molecule has 0 saturated carbocycles. The highest BCUT2D eigenvalue weighted by molar-refractivity contribution is 6.05. The Kier molecular flexibility index (Phi) is 6.64. The molecule has 3 aromatic rings. The summed E-state index contributed by atoms with van der Waals surface area (Å²) in [7, 11) is 1.46. The number of anilines is 2. The van der Waals surface area contributed by atoms with E-state index in [1.165, 1.54) is 25.3 Å². The van der Waals surface area contributed by atoms with E-state index in [4.69, 9.17) is 9.47 Å². The van der Waals surface area contributed by atoms with Crippen LogP contribution in [0.3, 0.4) is 0 Å². The molecule has 0 fully saturated rings. The van der Waals surface area contributed by atoms with Crippen LogP contribution in [0.4, 0.5) is 15.8 Å². The first-order valence-electron chi connectivity index (χ1n) is 9.19. The van der Waals surface area contributed by atoms with Gasteiger partial charge in [-0.15, -0.1) is 0 Å². The van der Waals surface area contributed by atoms with Crippen molar-refractivity contribution in [3.05, 3.63) is 83.7 Å². The van der Waals surface area contributed by atoms with E-state index in [0.29, 0.717) is 22.9 Å². The van der Waals surface area contributed by atoms with E-state index < -0.39 is 11.7 Å². The number of rotatable bonds is 7. The van der Waals surface area contributed by atoms with E-state index in [2.05, 4.69) is 10.6 Å². The maximum absolute atomic E-state index is 13.4. The zero-order chi connectivity index (χ0) is 21.5. The second-order valence-corrected chi connectivity index (χ2v) is 6.48. The number of ether oxygens (including phenoxy) is 2. The van der Waals surface area contributed by atoms with E-state index in [0.717, 1.165) is 11.6 Å². The highest BCUT2D eigenvalue weighted by atomic mass is 19.1. The highest BCUT2D eigenvalue weighted by Gasteiger charge is 2.13. The monoisotopic (exact) mass is 408 g/mol. The van der Waals surface area contributed by atoms with E-state index >= 15 is 0 Å². The van der Waals surface area contributed by atoms with Crippen LogP contribution in [-0.4, -0.2) is 25.5 Å². The van der Waals surface area contributed by atoms with Gasteiger partial charge in [-0.05, 0) is 55.0 Å². The normalized spacial score (nSPS) is 10.2. The summed E-state index contributed by atoms with van der Waals surface area (Å²) in [5.41, 5.74) is 1.88. The van der Waals surface area contributed by atoms with Gasteiger partial charge in [0.25, 0.3) is 11.8 Å². The van der Waals surface area contributed by atoms with Gasteiger partial charge in [-0.2, -0.15) is 0 Å². The van der Waals surface area contributed by atoms with Crippen molar-refractivity contribution in [2.75, 3.05) is 24.4 Å². The summed E-state index contributed by atoms with van der Waals surface area (Å²) in [5, 5.41) is 5.39. The zero-order valence-corrected chi connectivity index (χ0v) is 16.6. The molecule has 6 nitrogen and oxygen atoms in total. The van der Waals surface area contributed by atoms with Gasteiger partial charge in [0.2, 0.25) is 0 Å². The van der Waals surface area contributed by atoms with Crippen LogP contribution in [0.5, 0.6) is 11.5 Å². The smallest absolute Gasteiger partial charge is 0.262 e. The molecule has 0 saturated heterocycles. The molecule has 0 aliphatic carbocycles. The van der Waals surface area contributed by atoms with Crippen molar-refractivity contribution in [3.63, 3.8) is 0 Å². The predicted molar refractivity (Wildman–Crippen MR) is 113 cm³/mol. The lowest BCUT2D eigenvalue weighted by Crippen LogP contribution is -2.20. The Morgan fingerprint density at radius 3 is 2.47 bits per heavy atom. The molecule has 0 aliphatic heterocycles. The van der Waals surface area contributed by atoms with Gasteiger partial charge in [0.05, 0.1) is 12.8 Å². The summed E-state index contributed by atoms with van der Waals surface area (Å²) in [6.07, 6.45) is 0. The van der Waals surface area contributed by atoms with Crippen LogP contribution in [0.15, 0.2) is 66.7 Å². The maximum Gasteiger partial charge on any atom is 0.262 e. The maximum atomic E-state index is 13.4. The highest BCUT2D eigenvalue weighted by Crippen LogP contribution is 2.28. The van der Waals surface area contributed by atoms with Crippen molar-refractivity contribution in [1.29, 1.82) is 0 Å². The van der Waals surface area contributed by atoms with Gasteiger partial charge >= 0.3 is 0 Å². The third-order valence-corrected chi connectivity index (χ3v) is 4.27. The predicted octanol–water partition coefficient (Wildman–Crippen LogP) is 4.41. The minimum absolute atomic E-state index is 0.165. The summed E-state index contributed by atoms with van der Waals surface area (Å²) >= 11 is 0. The summed E-state index contributed by atoms with van der Waals surface area (Å²) in [6.45, 7) is 1.73. The lowest BCUT2D eigenvalue weighted by atomic mass is 10.2. The molecule has 30 heavy (non-hydrogen) atoms. The molecule has 3 aromatic carbocycles. The number of aryl methyl sites for hydroxylation is 1. The van der Waals surface area contributed by atoms with Crippen LogP contribution in [0.25, 0.3) is 0 Å². The fourth-order valence-electron chi connectivity index (χ4n) is 2.77. The average molecular weight is 408 g/mol. The fraction of sp³-hybridized carbons (Fsp3) is 0.130. The summed E-state index contributed by atoms with van der Waals surface area (Å²) in [4.78, 5) is 24.7. The van der Waals surface area contributed by atoms with Crippen molar-refractivity contribution < 1.29 is 23.5 Å². The van der Waals surface area contributed by atoms with E-state index in [1.807, 2.05) is 25.1 Å². The second kappa shape index (κ2) is 9.56. The van der Waals surface area contributed by atoms with E-state index in [9.17, 15) is 14.0 Å². The van der Waals surface area contributed by atoms with Crippen molar-refractivity contribution in [3.8, 4) is 11.5 Å². The van der Waals surface area contributed by atoms with Crippen LogP contribution in [0, 0.1) is 12.7 Å². The molecule has 2 amide bonds. The van der Waals surface area contributed by atoms with Crippen LogP contribution in [0.2, 0.25) is 0 Å². The molecule has 2 N–H and O–H groups in total. The lowest BCUT2D eigenvalue weighted by molar-refractivity contribution is -0.118. The SMILES string of the molecule is COc1ccc(NC(=O)COc2ccccc2C)cc1NC(=O)c1cccc(F)c1. The summed E-state index contributed by atoms with van der Waals surface area (Å²) in [6, 6.07) is 17.6. The van der Waals surface area contributed by atoms with Crippen molar-refractivity contribution >= 4 is 23.2 Å². The molecule has 0 bridgehead atoms. The molecule has 3 rings (SSSR count). The third kappa shape index (κ3) is 5.35. The molecular weight excluding hydrogens is 387 g/mol. The Balaban J connectivity index is 1.68. The quantitative estimate of drug-likeness (QED) is 0.607. The molecule has 154 valence electrons. The standard InChI is InChI=1S/C23H21FN2O4/c1-15-6-3-4-9-20(15)30-14-22(27)25-18-10-11-21(29-2)19(13-18)26-23(28)16-7-5-8-17(24)12-16/h3-13H,14H2,1-2H3,(H,25,27)(H,26,28). The minimum Gasteiger partial charge on any atom is -0.495 e. The Hall–Kier alpha value is -3.87. The number of nitrogens with one attached hydrogen (secondary N) is 2. The van der Waals surface area contributed by atoms with Gasteiger partial charge in [0.15, 0.2) is 6.61 Å². The summed E-state index contributed by atoms with van der Waals surface area (Å²) in [5.74, 6) is -0.339. The van der Waals surface area contributed by atoms with Gasteiger partial charge in [-0.25, -0.2) is 4.39 Å². The van der Waals surface area contributed by atoms with Crippen molar-refractivity contribution in [2.24, 2.45) is 0 Å². The first-order chi connectivity index (χ1) is 14.5. The van der Waals surface area contributed by atoms with Crippen molar-refractivity contribution in [2.45, 2.75) is 6.92 Å². The average Bonchev–Trinajstić information content (AvgIpc) is 2.73. The van der Waals surface area contributed by atoms with Crippen LogP contribution in [-0.2, 0) is 4.79 Å². The number of hydrogen-bond donors (Lipinski definition) is 2. The topological polar surface area (TPSA) is 76.7 Å². The molecule has 0 unspecified atom stereocenters. The Labute approximate surface area is 173 Å². The number of benzene rings is 3. The van der Waals surface area contributed by atoms with Crippen molar-refractivity contribution in [1.82, 2.24) is 0 Å². The largest absolute Gasteiger partial charge is 0.495 e. The van der Waals surface area contributed by atoms with E-state index in [-0.39, 0.29) is 18.1 Å². The fourth-order valence-corrected chi connectivity index (χ4v) is 2.77. The van der Waals surface area contributed by atoms with E-state index in [1.54, 1.807) is 24.3 Å². The second-order valence-electron chi connectivity index (χ2n) is 6.48. The number of carbonyl (C=O) groups is 2. The van der Waals surface area contributed by atoms with Gasteiger partial charge < -0.3 is 20.1 Å². The first kappa shape index (κ1) is 20.9. The molecule has 0 aliphatic rings. The summed E-state index contributed by atoms with van der Waals surface area (Å²) < 4.78 is 24.2. The van der Waals surface area contributed by atoms with Crippen LogP contribution in [0.1, 0.15) is 15.9 Å². The molecule has 0 heterocycles. The van der Waals surface area contributed by atoms with Gasteiger partial charge in [-0.1, -0.05) is 24.3 Å². The minimum atomic E-state index is -0.510. The van der Waals surface area contributed by atoms with Crippen LogP contribution < -0.4 is 20.1 Å². The number of amides is 2.